The molecule has 3 heterocycles. The van der Waals surface area contributed by atoms with Crippen LogP contribution in [0.15, 0.2) is 34.5 Å². The van der Waals surface area contributed by atoms with Crippen LogP contribution in [0.4, 0.5) is 5.88 Å². The molecule has 3 nitrogen and oxygen atoms in total. The molecule has 2 aromatic rings. The minimum atomic E-state index is 0.341. The molecule has 3 rings (SSSR count). The van der Waals surface area contributed by atoms with Crippen molar-refractivity contribution in [3.05, 3.63) is 41.2 Å². The predicted octanol–water partition coefficient (Wildman–Crippen LogP) is 4.46. The minimum absolute atomic E-state index is 0.341. The molecule has 19 heavy (non-hydrogen) atoms. The Balaban J connectivity index is 1.92. The molecule has 2 aromatic heterocycles. The van der Waals surface area contributed by atoms with Gasteiger partial charge in [-0.15, -0.1) is 11.3 Å². The first kappa shape index (κ1) is 12.8. The van der Waals surface area contributed by atoms with Crippen LogP contribution < -0.4 is 4.90 Å². The molecule has 0 saturated carbocycles. The zero-order valence-corrected chi connectivity index (χ0v) is 12.5. The van der Waals surface area contributed by atoms with Crippen LogP contribution in [0.1, 0.15) is 25.1 Å². The summed E-state index contributed by atoms with van der Waals surface area (Å²) < 4.78 is 5.53. The molecule has 1 aliphatic heterocycles. The van der Waals surface area contributed by atoms with Crippen molar-refractivity contribution < 1.29 is 4.42 Å². The monoisotopic (exact) mass is 291 g/mol. The highest BCUT2D eigenvalue weighted by Gasteiger charge is 2.33. The second kappa shape index (κ2) is 5.43. The SMILES string of the molecule is CCC(C)C1SC(c2cncs2)=[C]N1c1ccco1. The largest absolute Gasteiger partial charge is 0.448 e. The van der Waals surface area contributed by atoms with E-state index < -0.39 is 0 Å². The summed E-state index contributed by atoms with van der Waals surface area (Å²) in [6.45, 7) is 4.49. The number of nitrogens with zero attached hydrogens (tertiary/aromatic N) is 2. The van der Waals surface area contributed by atoms with Crippen LogP contribution in [-0.4, -0.2) is 10.4 Å². The average Bonchev–Trinajstić information content (AvgIpc) is 3.14. The summed E-state index contributed by atoms with van der Waals surface area (Å²) in [6, 6.07) is 3.90. The number of rotatable bonds is 4. The third-order valence-corrected chi connectivity index (χ3v) is 5.63. The van der Waals surface area contributed by atoms with Crippen LogP contribution in [-0.2, 0) is 0 Å². The van der Waals surface area contributed by atoms with Gasteiger partial charge in [0.2, 0.25) is 5.88 Å². The van der Waals surface area contributed by atoms with Gasteiger partial charge in [-0.1, -0.05) is 32.0 Å². The van der Waals surface area contributed by atoms with Crippen molar-refractivity contribution in [3.8, 4) is 0 Å². The number of hydrogen-bond donors (Lipinski definition) is 0. The highest BCUT2D eigenvalue weighted by atomic mass is 32.2. The van der Waals surface area contributed by atoms with Gasteiger partial charge >= 0.3 is 0 Å². The summed E-state index contributed by atoms with van der Waals surface area (Å²) in [7, 11) is 0. The fourth-order valence-corrected chi connectivity index (χ4v) is 4.02. The molecule has 5 heteroatoms. The Hall–Kier alpha value is -1.20. The van der Waals surface area contributed by atoms with Crippen LogP contribution in [0.25, 0.3) is 4.91 Å². The number of aromatic nitrogens is 1. The summed E-state index contributed by atoms with van der Waals surface area (Å²) in [6.07, 6.45) is 8.19. The quantitative estimate of drug-likeness (QED) is 0.831. The number of thioether (sulfide) groups is 1. The number of thiazole rings is 1. The topological polar surface area (TPSA) is 29.3 Å². The van der Waals surface area contributed by atoms with Gasteiger partial charge in [-0.2, -0.15) is 0 Å². The second-order valence-electron chi connectivity index (χ2n) is 4.52. The van der Waals surface area contributed by atoms with Gasteiger partial charge in [0.15, 0.2) is 0 Å². The van der Waals surface area contributed by atoms with Crippen molar-refractivity contribution in [3.63, 3.8) is 0 Å². The van der Waals surface area contributed by atoms with E-state index in [1.165, 1.54) is 4.88 Å². The lowest BCUT2D eigenvalue weighted by molar-refractivity contribution is 0.497. The van der Waals surface area contributed by atoms with Gasteiger partial charge in [-0.25, -0.2) is 0 Å². The van der Waals surface area contributed by atoms with Crippen molar-refractivity contribution in [1.29, 1.82) is 0 Å². The lowest BCUT2D eigenvalue weighted by Gasteiger charge is -2.26. The highest BCUT2D eigenvalue weighted by Crippen LogP contribution is 2.45. The maximum Gasteiger partial charge on any atom is 0.200 e. The van der Waals surface area contributed by atoms with Gasteiger partial charge < -0.3 is 4.42 Å². The average molecular weight is 291 g/mol. The van der Waals surface area contributed by atoms with E-state index in [1.807, 2.05) is 35.6 Å². The zero-order chi connectivity index (χ0) is 13.2. The lowest BCUT2D eigenvalue weighted by atomic mass is 10.1. The van der Waals surface area contributed by atoms with Crippen molar-refractivity contribution >= 4 is 33.9 Å². The predicted molar refractivity (Wildman–Crippen MR) is 80.8 cm³/mol. The highest BCUT2D eigenvalue weighted by molar-refractivity contribution is 8.09. The standard InChI is InChI=1S/C14H15N2OS2/c1-3-10(2)14-16(13-5-4-6-17-13)8-12(19-14)11-7-15-9-18-11/h4-7,9-10,14H,3H2,1-2H3. The molecule has 1 aliphatic rings. The maximum atomic E-state index is 5.53. The minimum Gasteiger partial charge on any atom is -0.448 e. The summed E-state index contributed by atoms with van der Waals surface area (Å²) in [5.74, 6) is 1.42. The van der Waals surface area contributed by atoms with Crippen LogP contribution in [0.2, 0.25) is 0 Å². The molecule has 0 amide bonds. The van der Waals surface area contributed by atoms with Gasteiger partial charge in [0.05, 0.1) is 33.1 Å². The first-order valence-corrected chi connectivity index (χ1v) is 8.07. The Bertz CT molecular complexity index is 548. The van der Waals surface area contributed by atoms with Gasteiger partial charge in [-0.3, -0.25) is 9.88 Å². The summed E-state index contributed by atoms with van der Waals surface area (Å²) in [5, 5.41) is 0.341. The van der Waals surface area contributed by atoms with Crippen LogP contribution in [0.5, 0.6) is 0 Å². The summed E-state index contributed by atoms with van der Waals surface area (Å²) in [4.78, 5) is 8.60. The molecule has 0 aliphatic carbocycles. The van der Waals surface area contributed by atoms with Gasteiger partial charge in [0, 0.05) is 12.3 Å². The van der Waals surface area contributed by atoms with Crippen LogP contribution >= 0.6 is 23.1 Å². The van der Waals surface area contributed by atoms with E-state index in [0.717, 1.165) is 17.2 Å². The Labute approximate surface area is 121 Å². The molecule has 0 spiro atoms. The van der Waals surface area contributed by atoms with E-state index in [1.54, 1.807) is 17.6 Å². The maximum absolute atomic E-state index is 5.53. The first-order chi connectivity index (χ1) is 9.29. The van der Waals surface area contributed by atoms with Crippen LogP contribution in [0, 0.1) is 12.1 Å². The van der Waals surface area contributed by atoms with Crippen molar-refractivity contribution in [1.82, 2.24) is 4.98 Å². The Kier molecular flexibility index (Phi) is 3.66. The van der Waals surface area contributed by atoms with Crippen molar-refractivity contribution in [2.45, 2.75) is 25.6 Å². The third-order valence-electron chi connectivity index (χ3n) is 3.25. The zero-order valence-electron chi connectivity index (χ0n) is 10.9. The summed E-state index contributed by atoms with van der Waals surface area (Å²) >= 11 is 3.50. The van der Waals surface area contributed by atoms with E-state index in [0.29, 0.717) is 11.3 Å². The second-order valence-corrected chi connectivity index (χ2v) is 6.54. The van der Waals surface area contributed by atoms with E-state index in [2.05, 4.69) is 29.9 Å². The van der Waals surface area contributed by atoms with Gasteiger partial charge in [-0.05, 0) is 12.0 Å². The molecular formula is C14H15N2OS2. The van der Waals surface area contributed by atoms with Gasteiger partial charge in [0.25, 0.3) is 0 Å². The molecule has 2 unspecified atom stereocenters. The fraction of sp³-hybridized carbons (Fsp3) is 0.357. The molecule has 0 N–H and O–H groups in total. The number of furan rings is 1. The molecule has 0 fully saturated rings. The Morgan fingerprint density at radius 2 is 2.47 bits per heavy atom. The van der Waals surface area contributed by atoms with Crippen LogP contribution in [0.3, 0.4) is 0 Å². The van der Waals surface area contributed by atoms with Gasteiger partial charge in [0.1, 0.15) is 0 Å². The molecule has 0 bridgehead atoms. The van der Waals surface area contributed by atoms with Crippen molar-refractivity contribution in [2.24, 2.45) is 5.92 Å². The smallest absolute Gasteiger partial charge is 0.200 e. The Morgan fingerprint density at radius 1 is 1.58 bits per heavy atom. The molecule has 1 radical (unpaired) electrons. The first-order valence-electron chi connectivity index (χ1n) is 6.31. The fourth-order valence-electron chi connectivity index (χ4n) is 1.97. The molecule has 0 saturated heterocycles. The normalized spacial score (nSPS) is 20.6. The molecular weight excluding hydrogens is 276 g/mol. The van der Waals surface area contributed by atoms with E-state index in [4.69, 9.17) is 4.42 Å². The third kappa shape index (κ3) is 2.44. The number of anilines is 1. The molecule has 0 aromatic carbocycles. The Morgan fingerprint density at radius 3 is 3.11 bits per heavy atom. The van der Waals surface area contributed by atoms with E-state index >= 15 is 0 Å². The molecule has 2 atom stereocenters. The molecule has 99 valence electrons. The van der Waals surface area contributed by atoms with E-state index in [9.17, 15) is 0 Å². The number of hydrogen-bond acceptors (Lipinski definition) is 5. The lowest BCUT2D eigenvalue weighted by Crippen LogP contribution is -2.29. The van der Waals surface area contributed by atoms with E-state index in [-0.39, 0.29) is 0 Å². The van der Waals surface area contributed by atoms with Crippen molar-refractivity contribution in [2.75, 3.05) is 4.90 Å². The summed E-state index contributed by atoms with van der Waals surface area (Å²) in [5.41, 5.74) is 1.86.